The fraction of sp³-hybridized carbons (Fsp3) is 0.0526. The summed E-state index contributed by atoms with van der Waals surface area (Å²) < 4.78 is 26.2. The maximum absolute atomic E-state index is 12.3. The van der Waals surface area contributed by atoms with Gasteiger partial charge < -0.3 is 10.3 Å². The molecule has 3 N–H and O–H groups in total. The van der Waals surface area contributed by atoms with Gasteiger partial charge in [-0.15, -0.1) is 6.42 Å². The highest BCUT2D eigenvalue weighted by atomic mass is 32.2. The van der Waals surface area contributed by atoms with Gasteiger partial charge in [-0.25, -0.2) is 13.4 Å². The molecule has 7 nitrogen and oxygen atoms in total. The third kappa shape index (κ3) is 4.41. The van der Waals surface area contributed by atoms with Crippen LogP contribution >= 0.6 is 0 Å². The first-order valence-electron chi connectivity index (χ1n) is 7.94. The molecular weight excluding hydrogens is 364 g/mol. The van der Waals surface area contributed by atoms with Gasteiger partial charge >= 0.3 is 0 Å². The second-order valence-corrected chi connectivity index (χ2v) is 7.29. The van der Waals surface area contributed by atoms with E-state index in [4.69, 9.17) is 6.42 Å². The number of imidazole rings is 1. The van der Waals surface area contributed by atoms with Crippen molar-refractivity contribution in [2.45, 2.75) is 4.90 Å². The molecule has 3 aromatic rings. The average molecular weight is 380 g/mol. The molecule has 3 rings (SSSR count). The van der Waals surface area contributed by atoms with Crippen LogP contribution in [-0.2, 0) is 10.0 Å². The van der Waals surface area contributed by atoms with E-state index in [1.165, 1.54) is 24.3 Å². The van der Waals surface area contributed by atoms with Gasteiger partial charge in [0, 0.05) is 29.2 Å². The summed E-state index contributed by atoms with van der Waals surface area (Å²) >= 11 is 0. The van der Waals surface area contributed by atoms with Crippen LogP contribution in [0.15, 0.2) is 65.8 Å². The zero-order chi connectivity index (χ0) is 19.3. The molecule has 1 heterocycles. The van der Waals surface area contributed by atoms with E-state index in [2.05, 4.69) is 25.9 Å². The highest BCUT2D eigenvalue weighted by Crippen LogP contribution is 2.18. The third-order valence-electron chi connectivity index (χ3n) is 3.71. The minimum absolute atomic E-state index is 0.0390. The summed E-state index contributed by atoms with van der Waals surface area (Å²) in [6.45, 7) is -0.0986. The second-order valence-electron chi connectivity index (χ2n) is 5.52. The van der Waals surface area contributed by atoms with Crippen LogP contribution in [0, 0.1) is 12.3 Å². The summed E-state index contributed by atoms with van der Waals surface area (Å²) in [5, 5.41) is 2.76. The second kappa shape index (κ2) is 7.86. The number of carbonyl (C=O) groups is 1. The van der Waals surface area contributed by atoms with E-state index in [9.17, 15) is 13.2 Å². The summed E-state index contributed by atoms with van der Waals surface area (Å²) in [6, 6.07) is 12.8. The van der Waals surface area contributed by atoms with Crippen LogP contribution in [0.25, 0.3) is 11.4 Å². The van der Waals surface area contributed by atoms with Crippen LogP contribution in [0.5, 0.6) is 0 Å². The first kappa shape index (κ1) is 18.4. The van der Waals surface area contributed by atoms with Crippen molar-refractivity contribution < 1.29 is 13.2 Å². The third-order valence-corrected chi connectivity index (χ3v) is 5.12. The molecule has 0 atom stereocenters. The molecule has 1 aromatic heterocycles. The predicted molar refractivity (Wildman–Crippen MR) is 102 cm³/mol. The van der Waals surface area contributed by atoms with Crippen molar-refractivity contribution >= 4 is 21.6 Å². The van der Waals surface area contributed by atoms with Crippen LogP contribution in [0.4, 0.5) is 5.69 Å². The molecule has 136 valence electrons. The number of anilines is 1. The molecule has 1 amide bonds. The number of benzene rings is 2. The van der Waals surface area contributed by atoms with Crippen molar-refractivity contribution in [3.8, 4) is 23.7 Å². The van der Waals surface area contributed by atoms with Crippen LogP contribution in [0.3, 0.4) is 0 Å². The highest BCUT2D eigenvalue weighted by Gasteiger charge is 2.14. The van der Waals surface area contributed by atoms with Crippen molar-refractivity contribution in [3.05, 3.63) is 66.5 Å². The van der Waals surface area contributed by atoms with Gasteiger partial charge in [-0.3, -0.25) is 4.79 Å². The average Bonchev–Trinajstić information content (AvgIpc) is 3.22. The zero-order valence-corrected chi connectivity index (χ0v) is 15.0. The molecule has 0 spiro atoms. The molecule has 0 fully saturated rings. The van der Waals surface area contributed by atoms with Gasteiger partial charge in [0.05, 0.1) is 11.4 Å². The van der Waals surface area contributed by atoms with E-state index in [1.807, 2.05) is 12.1 Å². The number of sulfonamides is 1. The van der Waals surface area contributed by atoms with E-state index < -0.39 is 10.0 Å². The predicted octanol–water partition coefficient (Wildman–Crippen LogP) is 2.24. The molecular formula is C19H16N4O3S. The Morgan fingerprint density at radius 2 is 1.81 bits per heavy atom. The molecule has 0 saturated carbocycles. The Morgan fingerprint density at radius 1 is 1.11 bits per heavy atom. The van der Waals surface area contributed by atoms with E-state index in [0.29, 0.717) is 11.3 Å². The Balaban J connectivity index is 1.68. The Morgan fingerprint density at radius 3 is 2.41 bits per heavy atom. The summed E-state index contributed by atoms with van der Waals surface area (Å²) in [5.41, 5.74) is 1.84. The van der Waals surface area contributed by atoms with Crippen molar-refractivity contribution in [2.24, 2.45) is 0 Å². The van der Waals surface area contributed by atoms with Gasteiger partial charge in [-0.05, 0) is 48.5 Å². The highest BCUT2D eigenvalue weighted by molar-refractivity contribution is 7.89. The van der Waals surface area contributed by atoms with Crippen molar-refractivity contribution in [1.29, 1.82) is 0 Å². The van der Waals surface area contributed by atoms with E-state index in [0.717, 1.165) is 11.4 Å². The molecule has 8 heteroatoms. The topological polar surface area (TPSA) is 104 Å². The molecule has 0 bridgehead atoms. The SMILES string of the molecule is C#CCNS(=O)(=O)c1ccc(C(=O)Nc2ccc(-c3ncc[nH]3)cc2)cc1. The van der Waals surface area contributed by atoms with Crippen LogP contribution < -0.4 is 10.0 Å². The van der Waals surface area contributed by atoms with Crippen LogP contribution in [0.1, 0.15) is 10.4 Å². The number of carbonyl (C=O) groups excluding carboxylic acids is 1. The van der Waals surface area contributed by atoms with Gasteiger partial charge in [0.15, 0.2) is 0 Å². The van der Waals surface area contributed by atoms with E-state index in [1.54, 1.807) is 24.5 Å². The summed E-state index contributed by atoms with van der Waals surface area (Å²) in [7, 11) is -3.68. The number of aromatic nitrogens is 2. The van der Waals surface area contributed by atoms with Gasteiger partial charge in [0.2, 0.25) is 10.0 Å². The van der Waals surface area contributed by atoms with Crippen molar-refractivity contribution in [3.63, 3.8) is 0 Å². The number of nitrogens with zero attached hydrogens (tertiary/aromatic N) is 1. The number of rotatable bonds is 6. The number of hydrogen-bond acceptors (Lipinski definition) is 4. The number of H-pyrrole nitrogens is 1. The molecule has 0 aliphatic heterocycles. The fourth-order valence-electron chi connectivity index (χ4n) is 2.34. The lowest BCUT2D eigenvalue weighted by Gasteiger charge is -2.08. The normalized spacial score (nSPS) is 10.9. The number of hydrogen-bond donors (Lipinski definition) is 3. The van der Waals surface area contributed by atoms with Gasteiger partial charge in [-0.2, -0.15) is 4.72 Å². The molecule has 27 heavy (non-hydrogen) atoms. The lowest BCUT2D eigenvalue weighted by atomic mass is 10.1. The lowest BCUT2D eigenvalue weighted by Crippen LogP contribution is -2.24. The largest absolute Gasteiger partial charge is 0.345 e. The molecule has 0 saturated heterocycles. The first-order chi connectivity index (χ1) is 13.0. The number of aromatic amines is 1. The van der Waals surface area contributed by atoms with Gasteiger partial charge in [0.1, 0.15) is 5.82 Å². The molecule has 0 unspecified atom stereocenters. The van der Waals surface area contributed by atoms with Gasteiger partial charge in [-0.1, -0.05) is 5.92 Å². The van der Waals surface area contributed by atoms with Gasteiger partial charge in [0.25, 0.3) is 5.91 Å². The Bertz CT molecular complexity index is 1070. The molecule has 0 radical (unpaired) electrons. The smallest absolute Gasteiger partial charge is 0.255 e. The van der Waals surface area contributed by atoms with E-state index in [-0.39, 0.29) is 17.3 Å². The van der Waals surface area contributed by atoms with Crippen LogP contribution in [-0.4, -0.2) is 30.8 Å². The number of nitrogens with one attached hydrogen (secondary N) is 3. The number of terminal acetylenes is 1. The maximum Gasteiger partial charge on any atom is 0.255 e. The minimum Gasteiger partial charge on any atom is -0.345 e. The summed E-state index contributed by atoms with van der Waals surface area (Å²) in [5.74, 6) is 2.60. The van der Waals surface area contributed by atoms with E-state index >= 15 is 0 Å². The fourth-order valence-corrected chi connectivity index (χ4v) is 3.28. The first-order valence-corrected chi connectivity index (χ1v) is 9.42. The Kier molecular flexibility index (Phi) is 5.35. The summed E-state index contributed by atoms with van der Waals surface area (Å²) in [6.07, 6.45) is 8.45. The standard InChI is InChI=1S/C19H16N4O3S/c1-2-11-22-27(25,26)17-9-5-15(6-10-17)19(24)23-16-7-3-14(4-8-16)18-20-12-13-21-18/h1,3-10,12-13,22H,11H2,(H,20,21)(H,23,24). The summed E-state index contributed by atoms with van der Waals surface area (Å²) in [4.78, 5) is 19.5. The molecule has 0 aliphatic rings. The number of amides is 1. The maximum atomic E-state index is 12.3. The van der Waals surface area contributed by atoms with Crippen molar-refractivity contribution in [2.75, 3.05) is 11.9 Å². The molecule has 0 aliphatic carbocycles. The monoisotopic (exact) mass is 380 g/mol. The minimum atomic E-state index is -3.68. The Labute approximate surface area is 156 Å². The van der Waals surface area contributed by atoms with Crippen LogP contribution in [0.2, 0.25) is 0 Å². The van der Waals surface area contributed by atoms with Crippen molar-refractivity contribution in [1.82, 2.24) is 14.7 Å². The quantitative estimate of drug-likeness (QED) is 0.571. The zero-order valence-electron chi connectivity index (χ0n) is 14.1. The lowest BCUT2D eigenvalue weighted by molar-refractivity contribution is 0.102. The molecule has 2 aromatic carbocycles. The Hall–Kier alpha value is -3.41.